The van der Waals surface area contributed by atoms with Crippen molar-refractivity contribution in [2.24, 2.45) is 5.73 Å². The molecule has 3 nitrogen and oxygen atoms in total. The highest BCUT2D eigenvalue weighted by Crippen LogP contribution is 2.17. The maximum absolute atomic E-state index is 5.49. The van der Waals surface area contributed by atoms with Gasteiger partial charge in [0.25, 0.3) is 0 Å². The number of benzene rings is 1. The molecule has 1 heterocycles. The highest BCUT2D eigenvalue weighted by atomic mass is 15.1. The van der Waals surface area contributed by atoms with Gasteiger partial charge in [0.05, 0.1) is 5.69 Å². The van der Waals surface area contributed by atoms with Crippen LogP contribution >= 0.6 is 0 Å². The van der Waals surface area contributed by atoms with E-state index in [1.165, 1.54) is 5.56 Å². The van der Waals surface area contributed by atoms with E-state index in [9.17, 15) is 0 Å². The summed E-state index contributed by atoms with van der Waals surface area (Å²) in [6, 6.07) is 10.3. The summed E-state index contributed by atoms with van der Waals surface area (Å²) in [6.07, 6.45) is 0. The van der Waals surface area contributed by atoms with Crippen LogP contribution in [0.5, 0.6) is 0 Å². The molecule has 3 heteroatoms. The van der Waals surface area contributed by atoms with Crippen molar-refractivity contribution in [1.82, 2.24) is 10.2 Å². The topological polar surface area (TPSA) is 54.7 Å². The molecule has 0 atom stereocenters. The molecule has 0 saturated heterocycles. The fourth-order valence-corrected chi connectivity index (χ4v) is 1.34. The van der Waals surface area contributed by atoms with Crippen molar-refractivity contribution >= 4 is 0 Å². The molecule has 1 aromatic carbocycles. The molecule has 0 unspecified atom stereocenters. The van der Waals surface area contributed by atoms with Gasteiger partial charge < -0.3 is 5.73 Å². The predicted molar refractivity (Wildman–Crippen MR) is 56.7 cm³/mol. The van der Waals surface area contributed by atoms with Gasteiger partial charge in [-0.25, -0.2) is 0 Å². The largest absolute Gasteiger partial charge is 0.325 e. The standard InChI is InChI=1S/C11H13N3/c1-8-2-4-9(5-3-8)11-6-10(7-12)13-14-11/h2-6H,7,12H2,1H3,(H,13,14). The Labute approximate surface area is 83.0 Å². The third-order valence-electron chi connectivity index (χ3n) is 2.20. The number of aromatic amines is 1. The zero-order valence-corrected chi connectivity index (χ0v) is 8.12. The van der Waals surface area contributed by atoms with Crippen LogP contribution in [0, 0.1) is 6.92 Å². The number of hydrogen-bond acceptors (Lipinski definition) is 2. The Morgan fingerprint density at radius 3 is 2.57 bits per heavy atom. The second-order valence-corrected chi connectivity index (χ2v) is 3.35. The Hall–Kier alpha value is -1.61. The summed E-state index contributed by atoms with van der Waals surface area (Å²) in [5.41, 5.74) is 9.77. The maximum Gasteiger partial charge on any atom is 0.0924 e. The average Bonchev–Trinajstić information content (AvgIpc) is 2.67. The summed E-state index contributed by atoms with van der Waals surface area (Å²) in [7, 11) is 0. The van der Waals surface area contributed by atoms with E-state index in [4.69, 9.17) is 5.73 Å². The van der Waals surface area contributed by atoms with Crippen molar-refractivity contribution in [2.75, 3.05) is 0 Å². The Balaban J connectivity index is 2.34. The number of nitrogens with zero attached hydrogens (tertiary/aromatic N) is 1. The van der Waals surface area contributed by atoms with Crippen molar-refractivity contribution in [3.8, 4) is 11.3 Å². The molecule has 2 rings (SSSR count). The van der Waals surface area contributed by atoms with Crippen LogP contribution in [0.15, 0.2) is 30.3 Å². The number of nitrogens with two attached hydrogens (primary N) is 1. The lowest BCUT2D eigenvalue weighted by Gasteiger charge is -1.95. The van der Waals surface area contributed by atoms with E-state index in [2.05, 4.69) is 41.4 Å². The van der Waals surface area contributed by atoms with E-state index in [0.717, 1.165) is 17.0 Å². The van der Waals surface area contributed by atoms with Crippen LogP contribution < -0.4 is 5.73 Å². The Morgan fingerprint density at radius 1 is 1.29 bits per heavy atom. The molecule has 0 amide bonds. The molecule has 0 aliphatic carbocycles. The zero-order chi connectivity index (χ0) is 9.97. The molecule has 14 heavy (non-hydrogen) atoms. The van der Waals surface area contributed by atoms with E-state index >= 15 is 0 Å². The average molecular weight is 187 g/mol. The van der Waals surface area contributed by atoms with Crippen molar-refractivity contribution in [1.29, 1.82) is 0 Å². The molecule has 0 saturated carbocycles. The molecule has 0 aliphatic rings. The fraction of sp³-hybridized carbons (Fsp3) is 0.182. The fourth-order valence-electron chi connectivity index (χ4n) is 1.34. The van der Waals surface area contributed by atoms with Crippen molar-refractivity contribution < 1.29 is 0 Å². The van der Waals surface area contributed by atoms with Crippen LogP contribution in [0.2, 0.25) is 0 Å². The Bertz CT molecular complexity index is 414. The first-order valence-electron chi connectivity index (χ1n) is 4.61. The summed E-state index contributed by atoms with van der Waals surface area (Å²) in [5, 5.41) is 7.08. The van der Waals surface area contributed by atoms with E-state index in [-0.39, 0.29) is 0 Å². The van der Waals surface area contributed by atoms with Crippen LogP contribution in [-0.4, -0.2) is 10.2 Å². The first kappa shape index (κ1) is 8.97. The van der Waals surface area contributed by atoms with E-state index in [1.54, 1.807) is 0 Å². The summed E-state index contributed by atoms with van der Waals surface area (Å²) < 4.78 is 0. The summed E-state index contributed by atoms with van der Waals surface area (Å²) in [5.74, 6) is 0. The van der Waals surface area contributed by atoms with Gasteiger partial charge >= 0.3 is 0 Å². The molecular weight excluding hydrogens is 174 g/mol. The first-order chi connectivity index (χ1) is 6.79. The molecule has 3 N–H and O–H groups in total. The monoisotopic (exact) mass is 187 g/mol. The van der Waals surface area contributed by atoms with Gasteiger partial charge in [0.1, 0.15) is 0 Å². The molecule has 72 valence electrons. The second kappa shape index (κ2) is 3.64. The van der Waals surface area contributed by atoms with Gasteiger partial charge in [-0.1, -0.05) is 29.8 Å². The molecule has 1 aromatic heterocycles. The molecular formula is C11H13N3. The lowest BCUT2D eigenvalue weighted by Crippen LogP contribution is -1.95. The van der Waals surface area contributed by atoms with Gasteiger partial charge in [0.15, 0.2) is 0 Å². The van der Waals surface area contributed by atoms with Crippen molar-refractivity contribution in [2.45, 2.75) is 13.5 Å². The SMILES string of the molecule is Cc1ccc(-c2cc(CN)[nH]n2)cc1. The van der Waals surface area contributed by atoms with Crippen LogP contribution in [0.1, 0.15) is 11.3 Å². The quantitative estimate of drug-likeness (QED) is 0.753. The number of aromatic nitrogens is 2. The van der Waals surface area contributed by atoms with Crippen molar-refractivity contribution in [3.05, 3.63) is 41.6 Å². The first-order valence-corrected chi connectivity index (χ1v) is 4.61. The molecule has 0 spiro atoms. The van der Waals surface area contributed by atoms with Gasteiger partial charge in [-0.05, 0) is 13.0 Å². The van der Waals surface area contributed by atoms with Crippen LogP contribution in [0.4, 0.5) is 0 Å². The van der Waals surface area contributed by atoms with Gasteiger partial charge in [-0.2, -0.15) is 5.10 Å². The highest BCUT2D eigenvalue weighted by Gasteiger charge is 2.01. The highest BCUT2D eigenvalue weighted by molar-refractivity contribution is 5.59. The molecule has 0 radical (unpaired) electrons. The van der Waals surface area contributed by atoms with E-state index in [1.807, 2.05) is 6.07 Å². The van der Waals surface area contributed by atoms with Gasteiger partial charge in [-0.3, -0.25) is 5.10 Å². The second-order valence-electron chi connectivity index (χ2n) is 3.35. The third kappa shape index (κ3) is 1.67. The summed E-state index contributed by atoms with van der Waals surface area (Å²) in [6.45, 7) is 2.57. The predicted octanol–water partition coefficient (Wildman–Crippen LogP) is 1.84. The molecule has 0 aliphatic heterocycles. The number of hydrogen-bond donors (Lipinski definition) is 2. The number of rotatable bonds is 2. The third-order valence-corrected chi connectivity index (χ3v) is 2.20. The maximum atomic E-state index is 5.49. The number of H-pyrrole nitrogens is 1. The Kier molecular flexibility index (Phi) is 2.33. The Morgan fingerprint density at radius 2 is 2.00 bits per heavy atom. The molecule has 0 fully saturated rings. The zero-order valence-electron chi connectivity index (χ0n) is 8.12. The van der Waals surface area contributed by atoms with Gasteiger partial charge in [0.2, 0.25) is 0 Å². The minimum atomic E-state index is 0.499. The summed E-state index contributed by atoms with van der Waals surface area (Å²) >= 11 is 0. The van der Waals surface area contributed by atoms with Gasteiger partial charge in [0, 0.05) is 17.8 Å². The summed E-state index contributed by atoms with van der Waals surface area (Å²) in [4.78, 5) is 0. The minimum Gasteiger partial charge on any atom is -0.325 e. The number of aryl methyl sites for hydroxylation is 1. The molecule has 0 bridgehead atoms. The molecule has 2 aromatic rings. The lowest BCUT2D eigenvalue weighted by molar-refractivity contribution is 0.948. The van der Waals surface area contributed by atoms with Crippen LogP contribution in [0.25, 0.3) is 11.3 Å². The smallest absolute Gasteiger partial charge is 0.0924 e. The van der Waals surface area contributed by atoms with Crippen molar-refractivity contribution in [3.63, 3.8) is 0 Å². The number of nitrogens with one attached hydrogen (secondary N) is 1. The van der Waals surface area contributed by atoms with Gasteiger partial charge in [-0.15, -0.1) is 0 Å². The minimum absolute atomic E-state index is 0.499. The van der Waals surface area contributed by atoms with Crippen LogP contribution in [0.3, 0.4) is 0 Å². The normalized spacial score (nSPS) is 10.4. The van der Waals surface area contributed by atoms with E-state index < -0.39 is 0 Å². The lowest BCUT2D eigenvalue weighted by atomic mass is 10.1. The van der Waals surface area contributed by atoms with E-state index in [0.29, 0.717) is 6.54 Å². The van der Waals surface area contributed by atoms with Crippen LogP contribution in [-0.2, 0) is 6.54 Å².